The summed E-state index contributed by atoms with van der Waals surface area (Å²) in [6.45, 7) is 4.09. The van der Waals surface area contributed by atoms with Crippen LogP contribution in [-0.4, -0.2) is 0 Å². The van der Waals surface area contributed by atoms with E-state index < -0.39 is 0 Å². The van der Waals surface area contributed by atoms with E-state index in [1.807, 2.05) is 13.0 Å². The number of furan rings is 1. The molecule has 3 heteroatoms. The average molecular weight is 207 g/mol. The van der Waals surface area contributed by atoms with E-state index in [0.29, 0.717) is 0 Å². The van der Waals surface area contributed by atoms with Gasteiger partial charge >= 0.3 is 0 Å². The lowest BCUT2D eigenvalue weighted by Gasteiger charge is -2.07. The van der Waals surface area contributed by atoms with Crippen LogP contribution in [0.1, 0.15) is 27.8 Å². The predicted octanol–water partition coefficient (Wildman–Crippen LogP) is 3.01. The summed E-state index contributed by atoms with van der Waals surface area (Å²) in [5.74, 6) is 0.864. The summed E-state index contributed by atoms with van der Waals surface area (Å²) in [5, 5.41) is 2.09. The fourth-order valence-corrected chi connectivity index (χ4v) is 2.22. The van der Waals surface area contributed by atoms with Gasteiger partial charge in [-0.2, -0.15) is 0 Å². The minimum atomic E-state index is -0.130. The first-order valence-electron chi connectivity index (χ1n) is 4.53. The summed E-state index contributed by atoms with van der Waals surface area (Å²) in [5.41, 5.74) is 8.33. The van der Waals surface area contributed by atoms with E-state index in [9.17, 15) is 0 Å². The van der Waals surface area contributed by atoms with Gasteiger partial charge in [-0.15, -0.1) is 11.3 Å². The van der Waals surface area contributed by atoms with Crippen LogP contribution < -0.4 is 5.73 Å². The molecular weight excluding hydrogens is 194 g/mol. The molecule has 2 nitrogen and oxygen atoms in total. The van der Waals surface area contributed by atoms with Crippen LogP contribution >= 0.6 is 11.3 Å². The Kier molecular flexibility index (Phi) is 2.44. The third kappa shape index (κ3) is 1.61. The molecule has 0 aliphatic carbocycles. The van der Waals surface area contributed by atoms with Gasteiger partial charge in [-0.25, -0.2) is 0 Å². The highest BCUT2D eigenvalue weighted by Crippen LogP contribution is 2.26. The van der Waals surface area contributed by atoms with Gasteiger partial charge in [-0.3, -0.25) is 0 Å². The van der Waals surface area contributed by atoms with Crippen LogP contribution in [0.15, 0.2) is 28.2 Å². The maximum atomic E-state index is 6.09. The molecule has 0 aliphatic heterocycles. The first-order valence-corrected chi connectivity index (χ1v) is 5.41. The largest absolute Gasteiger partial charge is 0.467 e. The Hall–Kier alpha value is -1.06. The van der Waals surface area contributed by atoms with E-state index in [2.05, 4.69) is 18.4 Å². The van der Waals surface area contributed by atoms with Crippen molar-refractivity contribution in [1.29, 1.82) is 0 Å². The molecule has 0 bridgehead atoms. The van der Waals surface area contributed by atoms with Gasteiger partial charge in [0.25, 0.3) is 0 Å². The Morgan fingerprint density at radius 3 is 2.71 bits per heavy atom. The van der Waals surface area contributed by atoms with Crippen molar-refractivity contribution >= 4 is 11.3 Å². The fraction of sp³-hybridized carbons (Fsp3) is 0.273. The SMILES string of the molecule is Cc1cc(C(N)c2occc2C)cs1. The van der Waals surface area contributed by atoms with Gasteiger partial charge in [0.15, 0.2) is 0 Å². The van der Waals surface area contributed by atoms with Gasteiger partial charge in [0.1, 0.15) is 5.76 Å². The van der Waals surface area contributed by atoms with Crippen LogP contribution in [0.2, 0.25) is 0 Å². The molecule has 0 saturated heterocycles. The highest BCUT2D eigenvalue weighted by atomic mass is 32.1. The molecule has 0 saturated carbocycles. The molecule has 1 unspecified atom stereocenters. The number of nitrogens with two attached hydrogens (primary N) is 1. The lowest BCUT2D eigenvalue weighted by Crippen LogP contribution is -2.10. The zero-order valence-electron chi connectivity index (χ0n) is 8.28. The van der Waals surface area contributed by atoms with Crippen molar-refractivity contribution in [2.45, 2.75) is 19.9 Å². The summed E-state index contributed by atoms with van der Waals surface area (Å²) in [7, 11) is 0. The minimum Gasteiger partial charge on any atom is -0.467 e. The van der Waals surface area contributed by atoms with Crippen molar-refractivity contribution in [3.05, 3.63) is 45.5 Å². The maximum absolute atomic E-state index is 6.09. The molecule has 0 spiro atoms. The van der Waals surface area contributed by atoms with E-state index in [0.717, 1.165) is 16.9 Å². The Labute approximate surface area is 87.4 Å². The summed E-state index contributed by atoms with van der Waals surface area (Å²) < 4.78 is 5.37. The monoisotopic (exact) mass is 207 g/mol. The molecule has 2 N–H and O–H groups in total. The quantitative estimate of drug-likeness (QED) is 0.822. The van der Waals surface area contributed by atoms with Crippen molar-refractivity contribution in [2.75, 3.05) is 0 Å². The van der Waals surface area contributed by atoms with Crippen molar-refractivity contribution in [3.8, 4) is 0 Å². The average Bonchev–Trinajstić information content (AvgIpc) is 2.73. The lowest BCUT2D eigenvalue weighted by atomic mass is 10.1. The molecule has 2 aromatic rings. The molecule has 2 heterocycles. The summed E-state index contributed by atoms with van der Waals surface area (Å²) >= 11 is 1.71. The van der Waals surface area contributed by atoms with Crippen LogP contribution in [0, 0.1) is 13.8 Å². The number of rotatable bonds is 2. The lowest BCUT2D eigenvalue weighted by molar-refractivity contribution is 0.487. The standard InChI is InChI=1S/C11H13NOS/c1-7-3-4-13-11(7)10(12)9-5-8(2)14-6-9/h3-6,10H,12H2,1-2H3. The molecule has 1 atom stereocenters. The van der Waals surface area contributed by atoms with Gasteiger partial charge in [0.05, 0.1) is 12.3 Å². The second-order valence-electron chi connectivity index (χ2n) is 3.44. The van der Waals surface area contributed by atoms with Gasteiger partial charge in [-0.1, -0.05) is 0 Å². The zero-order chi connectivity index (χ0) is 10.1. The van der Waals surface area contributed by atoms with Crippen molar-refractivity contribution < 1.29 is 4.42 Å². The third-order valence-electron chi connectivity index (χ3n) is 2.29. The van der Waals surface area contributed by atoms with Crippen LogP contribution in [-0.2, 0) is 0 Å². The molecule has 2 rings (SSSR count). The Bertz CT molecular complexity index is 430. The zero-order valence-corrected chi connectivity index (χ0v) is 9.10. The molecule has 74 valence electrons. The summed E-state index contributed by atoms with van der Waals surface area (Å²) in [6.07, 6.45) is 1.68. The molecule has 0 fully saturated rings. The van der Waals surface area contributed by atoms with Crippen molar-refractivity contribution in [3.63, 3.8) is 0 Å². The molecule has 0 amide bonds. The van der Waals surface area contributed by atoms with Gasteiger partial charge in [0.2, 0.25) is 0 Å². The van der Waals surface area contributed by atoms with E-state index in [4.69, 9.17) is 10.2 Å². The van der Waals surface area contributed by atoms with E-state index in [1.165, 1.54) is 4.88 Å². The van der Waals surface area contributed by atoms with Crippen molar-refractivity contribution in [1.82, 2.24) is 0 Å². The van der Waals surface area contributed by atoms with Crippen LogP contribution in [0.25, 0.3) is 0 Å². The number of aryl methyl sites for hydroxylation is 2. The highest BCUT2D eigenvalue weighted by molar-refractivity contribution is 7.10. The van der Waals surface area contributed by atoms with Crippen LogP contribution in [0.3, 0.4) is 0 Å². The van der Waals surface area contributed by atoms with Crippen LogP contribution in [0.4, 0.5) is 0 Å². The van der Waals surface area contributed by atoms with Gasteiger partial charge in [0, 0.05) is 4.88 Å². The number of thiophene rings is 1. The second kappa shape index (κ2) is 3.59. The molecule has 0 aromatic carbocycles. The number of hydrogen-bond acceptors (Lipinski definition) is 3. The molecule has 14 heavy (non-hydrogen) atoms. The van der Waals surface area contributed by atoms with Gasteiger partial charge < -0.3 is 10.2 Å². The molecule has 2 aromatic heterocycles. The Morgan fingerprint density at radius 1 is 1.43 bits per heavy atom. The number of hydrogen-bond donors (Lipinski definition) is 1. The van der Waals surface area contributed by atoms with Crippen molar-refractivity contribution in [2.24, 2.45) is 5.73 Å². The van der Waals surface area contributed by atoms with Gasteiger partial charge in [-0.05, 0) is 42.5 Å². The maximum Gasteiger partial charge on any atom is 0.127 e. The van der Waals surface area contributed by atoms with E-state index in [1.54, 1.807) is 17.6 Å². The highest BCUT2D eigenvalue weighted by Gasteiger charge is 2.15. The van der Waals surface area contributed by atoms with E-state index in [-0.39, 0.29) is 6.04 Å². The molecular formula is C11H13NOS. The first-order chi connectivity index (χ1) is 6.68. The summed E-state index contributed by atoms with van der Waals surface area (Å²) in [4.78, 5) is 1.28. The summed E-state index contributed by atoms with van der Waals surface area (Å²) in [6, 6.07) is 3.92. The Morgan fingerprint density at radius 2 is 2.21 bits per heavy atom. The Balaban J connectivity index is 2.33. The smallest absolute Gasteiger partial charge is 0.127 e. The molecule has 0 radical (unpaired) electrons. The van der Waals surface area contributed by atoms with Crippen LogP contribution in [0.5, 0.6) is 0 Å². The first kappa shape index (κ1) is 9.49. The topological polar surface area (TPSA) is 39.2 Å². The minimum absolute atomic E-state index is 0.130. The fourth-order valence-electron chi connectivity index (χ4n) is 1.48. The second-order valence-corrected chi connectivity index (χ2v) is 4.55. The van der Waals surface area contributed by atoms with E-state index >= 15 is 0 Å². The third-order valence-corrected chi connectivity index (χ3v) is 3.17. The predicted molar refractivity (Wildman–Crippen MR) is 58.5 cm³/mol. The molecule has 0 aliphatic rings. The normalized spacial score (nSPS) is 13.1.